The third-order valence-corrected chi connectivity index (χ3v) is 3.08. The lowest BCUT2D eigenvalue weighted by Crippen LogP contribution is -2.20. The van der Waals surface area contributed by atoms with Crippen LogP contribution >= 0.6 is 11.6 Å². The third-order valence-electron chi connectivity index (χ3n) is 2.88. The summed E-state index contributed by atoms with van der Waals surface area (Å²) in [7, 11) is 0. The van der Waals surface area contributed by atoms with Crippen LogP contribution in [-0.4, -0.2) is 9.97 Å². The van der Waals surface area contributed by atoms with E-state index in [-0.39, 0.29) is 5.41 Å². The van der Waals surface area contributed by atoms with Gasteiger partial charge in [-0.3, -0.25) is 0 Å². The van der Waals surface area contributed by atoms with E-state index in [1.807, 2.05) is 0 Å². The van der Waals surface area contributed by atoms with E-state index in [0.29, 0.717) is 5.02 Å². The average Bonchev–Trinajstić information content (AvgIpc) is 2.25. The van der Waals surface area contributed by atoms with Gasteiger partial charge in [0.05, 0.1) is 5.02 Å². The SMILES string of the molecule is CCCCCCC(C)(C)c1ncc(Cl)cn1. The minimum Gasteiger partial charge on any atom is -0.239 e. The van der Waals surface area contributed by atoms with E-state index in [0.717, 1.165) is 12.2 Å². The molecular weight excluding hydrogens is 220 g/mol. The van der Waals surface area contributed by atoms with Gasteiger partial charge in [0.2, 0.25) is 0 Å². The minimum atomic E-state index is 0.0539. The molecule has 0 aromatic carbocycles. The van der Waals surface area contributed by atoms with Gasteiger partial charge in [0.1, 0.15) is 5.82 Å². The zero-order chi connectivity index (χ0) is 12.0. The highest BCUT2D eigenvalue weighted by Gasteiger charge is 2.22. The number of unbranched alkanes of at least 4 members (excludes halogenated alkanes) is 3. The Kier molecular flexibility index (Phi) is 5.20. The first-order valence-electron chi connectivity index (χ1n) is 6.04. The van der Waals surface area contributed by atoms with Crippen LogP contribution in [0.5, 0.6) is 0 Å². The molecule has 0 aliphatic carbocycles. The van der Waals surface area contributed by atoms with E-state index in [9.17, 15) is 0 Å². The molecule has 0 saturated carbocycles. The fourth-order valence-corrected chi connectivity index (χ4v) is 1.86. The number of rotatable bonds is 6. The third kappa shape index (κ3) is 4.09. The molecule has 1 heterocycles. The van der Waals surface area contributed by atoms with Crippen molar-refractivity contribution in [2.75, 3.05) is 0 Å². The van der Waals surface area contributed by atoms with Gasteiger partial charge in [0, 0.05) is 17.8 Å². The second kappa shape index (κ2) is 6.19. The molecule has 16 heavy (non-hydrogen) atoms. The van der Waals surface area contributed by atoms with Gasteiger partial charge in [-0.1, -0.05) is 58.1 Å². The predicted octanol–water partition coefficient (Wildman–Crippen LogP) is 4.38. The summed E-state index contributed by atoms with van der Waals surface area (Å²) in [5.41, 5.74) is 0.0539. The molecule has 1 rings (SSSR count). The summed E-state index contributed by atoms with van der Waals surface area (Å²) in [4.78, 5) is 8.61. The summed E-state index contributed by atoms with van der Waals surface area (Å²) < 4.78 is 0. The van der Waals surface area contributed by atoms with Crippen molar-refractivity contribution in [3.63, 3.8) is 0 Å². The van der Waals surface area contributed by atoms with Crippen molar-refractivity contribution in [1.29, 1.82) is 0 Å². The number of hydrogen-bond donors (Lipinski definition) is 0. The minimum absolute atomic E-state index is 0.0539. The van der Waals surface area contributed by atoms with E-state index in [4.69, 9.17) is 11.6 Å². The molecule has 0 atom stereocenters. The monoisotopic (exact) mass is 240 g/mol. The molecule has 1 aromatic heterocycles. The highest BCUT2D eigenvalue weighted by atomic mass is 35.5. The highest BCUT2D eigenvalue weighted by molar-refractivity contribution is 6.30. The fourth-order valence-electron chi connectivity index (χ4n) is 1.77. The second-order valence-electron chi connectivity index (χ2n) is 4.92. The molecule has 90 valence electrons. The topological polar surface area (TPSA) is 25.8 Å². The number of hydrogen-bond acceptors (Lipinski definition) is 2. The molecule has 0 spiro atoms. The maximum atomic E-state index is 5.78. The van der Waals surface area contributed by atoms with E-state index in [1.165, 1.54) is 25.7 Å². The van der Waals surface area contributed by atoms with Crippen LogP contribution in [0, 0.1) is 0 Å². The zero-order valence-corrected chi connectivity index (χ0v) is 11.2. The van der Waals surface area contributed by atoms with Crippen LogP contribution in [0.3, 0.4) is 0 Å². The van der Waals surface area contributed by atoms with Gasteiger partial charge in [0.25, 0.3) is 0 Å². The van der Waals surface area contributed by atoms with E-state index in [2.05, 4.69) is 30.7 Å². The van der Waals surface area contributed by atoms with Gasteiger partial charge in [-0.05, 0) is 6.42 Å². The predicted molar refractivity (Wildman–Crippen MR) is 68.8 cm³/mol. The molecule has 3 heteroatoms. The fraction of sp³-hybridized carbons (Fsp3) is 0.692. The molecule has 0 fully saturated rings. The quantitative estimate of drug-likeness (QED) is 0.690. The van der Waals surface area contributed by atoms with Crippen molar-refractivity contribution in [2.24, 2.45) is 0 Å². The van der Waals surface area contributed by atoms with Crippen LogP contribution < -0.4 is 0 Å². The van der Waals surface area contributed by atoms with Gasteiger partial charge in [-0.15, -0.1) is 0 Å². The Bertz CT molecular complexity index is 306. The first-order chi connectivity index (χ1) is 7.56. The lowest BCUT2D eigenvalue weighted by molar-refractivity contribution is 0.422. The summed E-state index contributed by atoms with van der Waals surface area (Å²) in [6.07, 6.45) is 9.62. The Morgan fingerprint density at radius 2 is 1.75 bits per heavy atom. The second-order valence-corrected chi connectivity index (χ2v) is 5.36. The number of nitrogens with zero attached hydrogens (tertiary/aromatic N) is 2. The molecule has 2 nitrogen and oxygen atoms in total. The van der Waals surface area contributed by atoms with Gasteiger partial charge in [0.15, 0.2) is 0 Å². The number of aromatic nitrogens is 2. The van der Waals surface area contributed by atoms with E-state index < -0.39 is 0 Å². The van der Waals surface area contributed by atoms with Crippen LogP contribution in [-0.2, 0) is 5.41 Å². The van der Waals surface area contributed by atoms with Crippen molar-refractivity contribution >= 4 is 11.6 Å². The summed E-state index contributed by atoms with van der Waals surface area (Å²) in [6.45, 7) is 6.62. The summed E-state index contributed by atoms with van der Waals surface area (Å²) >= 11 is 5.78. The Balaban J connectivity index is 2.52. The van der Waals surface area contributed by atoms with Crippen LogP contribution in [0.4, 0.5) is 0 Å². The first kappa shape index (κ1) is 13.4. The molecule has 0 amide bonds. The van der Waals surface area contributed by atoms with Crippen LogP contribution in [0.2, 0.25) is 5.02 Å². The Morgan fingerprint density at radius 1 is 1.12 bits per heavy atom. The molecule has 0 saturated heterocycles. The lowest BCUT2D eigenvalue weighted by Gasteiger charge is -2.22. The van der Waals surface area contributed by atoms with Crippen molar-refractivity contribution in [3.05, 3.63) is 23.2 Å². The Morgan fingerprint density at radius 3 is 2.31 bits per heavy atom. The molecule has 0 aliphatic heterocycles. The molecular formula is C13H21ClN2. The van der Waals surface area contributed by atoms with Gasteiger partial charge in [-0.25, -0.2) is 9.97 Å². The molecule has 0 aliphatic rings. The van der Waals surface area contributed by atoms with Gasteiger partial charge < -0.3 is 0 Å². The smallest absolute Gasteiger partial charge is 0.133 e. The van der Waals surface area contributed by atoms with Crippen molar-refractivity contribution in [2.45, 2.75) is 58.3 Å². The Labute approximate surface area is 103 Å². The normalized spacial score (nSPS) is 11.8. The molecule has 0 bridgehead atoms. The molecule has 0 radical (unpaired) electrons. The van der Waals surface area contributed by atoms with Crippen molar-refractivity contribution in [3.8, 4) is 0 Å². The Hall–Kier alpha value is -0.630. The maximum absolute atomic E-state index is 5.78. The lowest BCUT2D eigenvalue weighted by atomic mass is 9.86. The maximum Gasteiger partial charge on any atom is 0.133 e. The van der Waals surface area contributed by atoms with Crippen LogP contribution in [0.15, 0.2) is 12.4 Å². The standard InChI is InChI=1S/C13H21ClN2/c1-4-5-6-7-8-13(2,3)12-15-9-11(14)10-16-12/h9-10H,4-8H2,1-3H3. The summed E-state index contributed by atoms with van der Waals surface area (Å²) in [5.74, 6) is 0.897. The molecule has 1 aromatic rings. The average molecular weight is 241 g/mol. The summed E-state index contributed by atoms with van der Waals surface area (Å²) in [5, 5.41) is 0.602. The van der Waals surface area contributed by atoms with Crippen LogP contribution in [0.1, 0.15) is 58.7 Å². The van der Waals surface area contributed by atoms with Gasteiger partial charge in [-0.2, -0.15) is 0 Å². The molecule has 0 unspecified atom stereocenters. The van der Waals surface area contributed by atoms with E-state index >= 15 is 0 Å². The summed E-state index contributed by atoms with van der Waals surface area (Å²) in [6, 6.07) is 0. The van der Waals surface area contributed by atoms with E-state index in [1.54, 1.807) is 12.4 Å². The van der Waals surface area contributed by atoms with Crippen molar-refractivity contribution in [1.82, 2.24) is 9.97 Å². The number of halogens is 1. The van der Waals surface area contributed by atoms with Gasteiger partial charge >= 0.3 is 0 Å². The first-order valence-corrected chi connectivity index (χ1v) is 6.42. The van der Waals surface area contributed by atoms with Crippen molar-refractivity contribution < 1.29 is 0 Å². The van der Waals surface area contributed by atoms with Crippen LogP contribution in [0.25, 0.3) is 0 Å². The highest BCUT2D eigenvalue weighted by Crippen LogP contribution is 2.26. The molecule has 0 N–H and O–H groups in total. The largest absolute Gasteiger partial charge is 0.239 e. The zero-order valence-electron chi connectivity index (χ0n) is 10.5.